The molecule has 0 aromatic heterocycles. The first-order chi connectivity index (χ1) is 7.25. The second-order valence-electron chi connectivity index (χ2n) is 4.28. The molecule has 15 heavy (non-hydrogen) atoms. The number of rotatable bonds is 3. The number of hydrogen-bond acceptors (Lipinski definition) is 4. The molecule has 2 heterocycles. The lowest BCUT2D eigenvalue weighted by atomic mass is 10.2. The van der Waals surface area contributed by atoms with Gasteiger partial charge in [0.25, 0.3) is 0 Å². The normalized spacial score (nSPS) is 38.4. The molecule has 2 saturated heterocycles. The summed E-state index contributed by atoms with van der Waals surface area (Å²) in [6.45, 7) is 5.14. The van der Waals surface area contributed by atoms with Crippen LogP contribution in [0.25, 0.3) is 0 Å². The standard InChI is InChI=1S/C11H20O2S2/c1-8-6-10(9(2)13-8)12-7-11-14-4-3-5-15-11/h8-11H,3-7H2,1-2H3/t8-,9+,10?/m0/s1. The first kappa shape index (κ1) is 12.1. The zero-order valence-electron chi connectivity index (χ0n) is 9.48. The van der Waals surface area contributed by atoms with Crippen LogP contribution < -0.4 is 0 Å². The van der Waals surface area contributed by atoms with Crippen LogP contribution in [0.5, 0.6) is 0 Å². The highest BCUT2D eigenvalue weighted by Gasteiger charge is 2.31. The molecule has 3 atom stereocenters. The molecule has 0 aliphatic carbocycles. The van der Waals surface area contributed by atoms with E-state index in [1.54, 1.807) is 0 Å². The lowest BCUT2D eigenvalue weighted by Crippen LogP contribution is -2.25. The van der Waals surface area contributed by atoms with Gasteiger partial charge in [-0.05, 0) is 31.8 Å². The Bertz CT molecular complexity index is 195. The molecule has 0 saturated carbocycles. The highest BCUT2D eigenvalue weighted by molar-refractivity contribution is 8.17. The number of hydrogen-bond donors (Lipinski definition) is 0. The van der Waals surface area contributed by atoms with Gasteiger partial charge in [0.15, 0.2) is 0 Å². The van der Waals surface area contributed by atoms with Gasteiger partial charge in [-0.15, -0.1) is 23.5 Å². The number of ether oxygens (including phenoxy) is 2. The van der Waals surface area contributed by atoms with Crippen molar-refractivity contribution in [1.29, 1.82) is 0 Å². The van der Waals surface area contributed by atoms with Gasteiger partial charge in [-0.2, -0.15) is 0 Å². The van der Waals surface area contributed by atoms with Crippen LogP contribution in [-0.2, 0) is 9.47 Å². The Morgan fingerprint density at radius 3 is 2.60 bits per heavy atom. The largest absolute Gasteiger partial charge is 0.373 e. The maximum Gasteiger partial charge on any atom is 0.0859 e. The Morgan fingerprint density at radius 1 is 1.27 bits per heavy atom. The summed E-state index contributed by atoms with van der Waals surface area (Å²) in [6, 6.07) is 0. The van der Waals surface area contributed by atoms with Gasteiger partial charge in [0, 0.05) is 6.42 Å². The van der Waals surface area contributed by atoms with Gasteiger partial charge in [0.05, 0.1) is 29.5 Å². The Morgan fingerprint density at radius 2 is 2.00 bits per heavy atom. The topological polar surface area (TPSA) is 18.5 Å². The van der Waals surface area contributed by atoms with E-state index in [0.717, 1.165) is 13.0 Å². The fourth-order valence-corrected chi connectivity index (χ4v) is 4.71. The zero-order valence-corrected chi connectivity index (χ0v) is 11.1. The Balaban J connectivity index is 1.68. The molecule has 0 N–H and O–H groups in total. The average Bonchev–Trinajstić information content (AvgIpc) is 2.56. The molecule has 0 aromatic carbocycles. The van der Waals surface area contributed by atoms with Crippen LogP contribution >= 0.6 is 23.5 Å². The SMILES string of the molecule is C[C@H]1CC(OCC2SCCCS2)[C@@H](C)O1. The second-order valence-corrected chi connectivity index (χ2v) is 7.20. The third-order valence-corrected chi connectivity index (χ3v) is 5.76. The fourth-order valence-electron chi connectivity index (χ4n) is 2.07. The minimum absolute atomic E-state index is 0.276. The first-order valence-corrected chi connectivity index (χ1v) is 7.85. The quantitative estimate of drug-likeness (QED) is 0.764. The van der Waals surface area contributed by atoms with Crippen molar-refractivity contribution in [3.05, 3.63) is 0 Å². The highest BCUT2D eigenvalue weighted by Crippen LogP contribution is 2.32. The molecule has 0 bridgehead atoms. The Hall–Kier alpha value is 0.620. The smallest absolute Gasteiger partial charge is 0.0859 e. The van der Waals surface area contributed by atoms with E-state index in [1.807, 2.05) is 23.5 Å². The minimum atomic E-state index is 0.276. The lowest BCUT2D eigenvalue weighted by Gasteiger charge is -2.23. The third-order valence-electron chi connectivity index (χ3n) is 2.88. The summed E-state index contributed by atoms with van der Waals surface area (Å²) < 4.78 is 12.3. The predicted octanol–water partition coefficient (Wildman–Crippen LogP) is 2.77. The van der Waals surface area contributed by atoms with Gasteiger partial charge in [-0.1, -0.05) is 0 Å². The van der Waals surface area contributed by atoms with E-state index in [2.05, 4.69) is 13.8 Å². The van der Waals surface area contributed by atoms with Crippen LogP contribution in [-0.4, -0.2) is 41.0 Å². The van der Waals surface area contributed by atoms with Crippen molar-refractivity contribution in [1.82, 2.24) is 0 Å². The summed E-state index contributed by atoms with van der Waals surface area (Å²) >= 11 is 4.09. The van der Waals surface area contributed by atoms with E-state index < -0.39 is 0 Å². The van der Waals surface area contributed by atoms with E-state index in [9.17, 15) is 0 Å². The van der Waals surface area contributed by atoms with Gasteiger partial charge in [0.1, 0.15) is 0 Å². The van der Waals surface area contributed by atoms with Gasteiger partial charge in [-0.25, -0.2) is 0 Å². The monoisotopic (exact) mass is 248 g/mol. The molecule has 0 spiro atoms. The molecule has 0 aromatic rings. The molecule has 2 fully saturated rings. The number of thioether (sulfide) groups is 2. The van der Waals surface area contributed by atoms with E-state index in [1.165, 1.54) is 17.9 Å². The van der Waals surface area contributed by atoms with Gasteiger partial charge < -0.3 is 9.47 Å². The van der Waals surface area contributed by atoms with Crippen LogP contribution in [0.4, 0.5) is 0 Å². The van der Waals surface area contributed by atoms with E-state index >= 15 is 0 Å². The Labute approximate surface area is 101 Å². The van der Waals surface area contributed by atoms with Crippen molar-refractivity contribution >= 4 is 23.5 Å². The molecule has 88 valence electrons. The average molecular weight is 248 g/mol. The molecule has 2 aliphatic heterocycles. The van der Waals surface area contributed by atoms with Crippen molar-refractivity contribution in [2.24, 2.45) is 0 Å². The molecular weight excluding hydrogens is 228 g/mol. The van der Waals surface area contributed by atoms with Crippen LogP contribution in [0.1, 0.15) is 26.7 Å². The lowest BCUT2D eigenvalue weighted by molar-refractivity contribution is -0.00612. The van der Waals surface area contributed by atoms with Crippen molar-refractivity contribution in [3.63, 3.8) is 0 Å². The molecule has 2 aliphatic rings. The van der Waals surface area contributed by atoms with Gasteiger partial charge in [-0.3, -0.25) is 0 Å². The van der Waals surface area contributed by atoms with E-state index in [4.69, 9.17) is 9.47 Å². The van der Waals surface area contributed by atoms with Crippen molar-refractivity contribution in [2.45, 2.75) is 49.6 Å². The second kappa shape index (κ2) is 5.80. The van der Waals surface area contributed by atoms with E-state index in [-0.39, 0.29) is 6.10 Å². The van der Waals surface area contributed by atoms with E-state index in [0.29, 0.717) is 16.8 Å². The van der Waals surface area contributed by atoms with Crippen LogP contribution in [0.15, 0.2) is 0 Å². The molecular formula is C11H20O2S2. The minimum Gasteiger partial charge on any atom is -0.373 e. The maximum absolute atomic E-state index is 5.96. The molecule has 1 unspecified atom stereocenters. The predicted molar refractivity (Wildman–Crippen MR) is 67.7 cm³/mol. The first-order valence-electron chi connectivity index (χ1n) is 5.76. The van der Waals surface area contributed by atoms with Gasteiger partial charge in [0.2, 0.25) is 0 Å². The zero-order chi connectivity index (χ0) is 10.7. The summed E-state index contributed by atoms with van der Waals surface area (Å²) in [5.41, 5.74) is 0. The van der Waals surface area contributed by atoms with Crippen LogP contribution in [0.3, 0.4) is 0 Å². The third kappa shape index (κ3) is 3.55. The Kier molecular flexibility index (Phi) is 4.68. The molecule has 0 radical (unpaired) electrons. The van der Waals surface area contributed by atoms with Crippen LogP contribution in [0.2, 0.25) is 0 Å². The van der Waals surface area contributed by atoms with Crippen molar-refractivity contribution < 1.29 is 9.47 Å². The summed E-state index contributed by atoms with van der Waals surface area (Å²) in [7, 11) is 0. The fraction of sp³-hybridized carbons (Fsp3) is 1.00. The highest BCUT2D eigenvalue weighted by atomic mass is 32.2. The van der Waals surface area contributed by atoms with Crippen LogP contribution in [0, 0.1) is 0 Å². The summed E-state index contributed by atoms with van der Waals surface area (Å²) in [5, 5.41) is 0. The summed E-state index contributed by atoms with van der Waals surface area (Å²) in [4.78, 5) is 0. The van der Waals surface area contributed by atoms with Crippen molar-refractivity contribution in [2.75, 3.05) is 18.1 Å². The van der Waals surface area contributed by atoms with Crippen molar-refractivity contribution in [3.8, 4) is 0 Å². The molecule has 0 amide bonds. The van der Waals surface area contributed by atoms with Gasteiger partial charge >= 0.3 is 0 Å². The summed E-state index contributed by atoms with van der Waals surface area (Å²) in [6.07, 6.45) is 3.38. The molecule has 2 rings (SSSR count). The maximum atomic E-state index is 5.96. The molecule has 2 nitrogen and oxygen atoms in total. The summed E-state index contributed by atoms with van der Waals surface area (Å²) in [5.74, 6) is 2.60. The molecule has 4 heteroatoms.